The third kappa shape index (κ3) is 8.98. The maximum atomic E-state index is 6.09. The van der Waals surface area contributed by atoms with E-state index in [2.05, 4.69) is 27.7 Å². The molecule has 0 aromatic rings. The molecule has 0 heterocycles. The molecular weight excluding hydrogens is 306 g/mol. The highest BCUT2D eigenvalue weighted by molar-refractivity contribution is 6.62. The monoisotopic (exact) mass is 345 g/mol. The van der Waals surface area contributed by atoms with Crippen molar-refractivity contribution in [2.24, 2.45) is 10.9 Å². The van der Waals surface area contributed by atoms with Crippen LogP contribution in [-0.4, -0.2) is 40.9 Å². The summed E-state index contributed by atoms with van der Waals surface area (Å²) >= 11 is 0. The van der Waals surface area contributed by atoms with Crippen LogP contribution >= 0.6 is 0 Å². The van der Waals surface area contributed by atoms with Crippen LogP contribution in [-0.2, 0) is 13.3 Å². The number of aliphatic imine (C=N–C) groups is 1. The molecule has 0 fully saturated rings. The van der Waals surface area contributed by atoms with Gasteiger partial charge < -0.3 is 13.3 Å². The van der Waals surface area contributed by atoms with Crippen LogP contribution < -0.4 is 0 Å². The summed E-state index contributed by atoms with van der Waals surface area (Å²) in [4.78, 5) is 4.75. The molecule has 0 saturated heterocycles. The van der Waals surface area contributed by atoms with Crippen molar-refractivity contribution in [3.8, 4) is 0 Å². The van der Waals surface area contributed by atoms with Gasteiger partial charge in [0.05, 0.1) is 0 Å². The molecular formula is C18H39NO3Si. The summed E-state index contributed by atoms with van der Waals surface area (Å²) in [6, 6.07) is 0. The quantitative estimate of drug-likeness (QED) is 0.325. The summed E-state index contributed by atoms with van der Waals surface area (Å²) in [6.07, 6.45) is 4.24. The summed E-state index contributed by atoms with van der Waals surface area (Å²) in [5, 5.41) is 0. The van der Waals surface area contributed by atoms with Gasteiger partial charge in [-0.25, -0.2) is 0 Å². The van der Waals surface area contributed by atoms with Crippen molar-refractivity contribution in [3.63, 3.8) is 0 Å². The van der Waals surface area contributed by atoms with Gasteiger partial charge in [-0.15, -0.1) is 0 Å². The Morgan fingerprint density at radius 1 is 0.913 bits per heavy atom. The molecule has 0 aliphatic rings. The van der Waals surface area contributed by atoms with E-state index in [1.165, 1.54) is 5.71 Å². The molecule has 0 bridgehead atoms. The fourth-order valence-electron chi connectivity index (χ4n) is 3.00. The van der Waals surface area contributed by atoms with Gasteiger partial charge in [0.1, 0.15) is 0 Å². The van der Waals surface area contributed by atoms with Gasteiger partial charge in [-0.1, -0.05) is 27.2 Å². The average molecular weight is 346 g/mol. The van der Waals surface area contributed by atoms with Crippen LogP contribution in [0.4, 0.5) is 0 Å². The first-order chi connectivity index (χ1) is 11.0. The Balaban J connectivity index is 4.98. The van der Waals surface area contributed by atoms with Crippen LogP contribution in [0.25, 0.3) is 0 Å². The van der Waals surface area contributed by atoms with E-state index >= 15 is 0 Å². The van der Waals surface area contributed by atoms with Crippen molar-refractivity contribution in [2.75, 3.05) is 26.4 Å². The van der Waals surface area contributed by atoms with E-state index in [-0.39, 0.29) is 0 Å². The molecule has 0 aliphatic carbocycles. The molecule has 0 spiro atoms. The van der Waals surface area contributed by atoms with Gasteiger partial charge in [0.25, 0.3) is 0 Å². The largest absolute Gasteiger partial charge is 0.504 e. The third-order valence-corrected chi connectivity index (χ3v) is 7.39. The van der Waals surface area contributed by atoms with E-state index in [1.807, 2.05) is 20.8 Å². The lowest BCUT2D eigenvalue weighted by atomic mass is 10.1. The van der Waals surface area contributed by atoms with Crippen LogP contribution in [0.3, 0.4) is 0 Å². The normalized spacial score (nSPS) is 14.5. The Morgan fingerprint density at radius 2 is 1.43 bits per heavy atom. The molecule has 0 saturated carbocycles. The highest BCUT2D eigenvalue weighted by atomic mass is 28.4. The minimum atomic E-state index is -2.62. The standard InChI is InChI=1S/C18H39NO3Si/c1-8-12-18(13-14-19-17(7)15-16(5)6)23(20-9-2,21-10-3)22-11-4/h16,18H,8-15H2,1-7H3. The third-order valence-electron chi connectivity index (χ3n) is 3.74. The smallest absolute Gasteiger partial charge is 0.374 e. The SMILES string of the molecule is CCCC(CCN=C(C)CC(C)C)[Si](OCC)(OCC)OCC. The summed E-state index contributed by atoms with van der Waals surface area (Å²) in [5.74, 6) is 0.661. The van der Waals surface area contributed by atoms with Gasteiger partial charge in [0.15, 0.2) is 0 Å². The van der Waals surface area contributed by atoms with Crippen LogP contribution in [0.15, 0.2) is 4.99 Å². The zero-order chi connectivity index (χ0) is 17.7. The summed E-state index contributed by atoms with van der Waals surface area (Å²) in [7, 11) is -2.62. The Hall–Kier alpha value is -0.233. The first-order valence-electron chi connectivity index (χ1n) is 9.37. The van der Waals surface area contributed by atoms with E-state index in [0.29, 0.717) is 31.3 Å². The van der Waals surface area contributed by atoms with Crippen LogP contribution in [0.1, 0.15) is 74.1 Å². The molecule has 0 radical (unpaired) electrons. The topological polar surface area (TPSA) is 40.0 Å². The van der Waals surface area contributed by atoms with Gasteiger partial charge in [-0.05, 0) is 52.9 Å². The minimum absolute atomic E-state index is 0.336. The number of hydrogen-bond donors (Lipinski definition) is 0. The molecule has 138 valence electrons. The molecule has 0 aromatic heterocycles. The van der Waals surface area contributed by atoms with Crippen LogP contribution in [0, 0.1) is 5.92 Å². The molecule has 1 atom stereocenters. The molecule has 1 unspecified atom stereocenters. The highest BCUT2D eigenvalue weighted by Gasteiger charge is 2.48. The Labute approximate surface area is 145 Å². The molecule has 5 heteroatoms. The molecule has 0 N–H and O–H groups in total. The first kappa shape index (κ1) is 22.8. The lowest BCUT2D eigenvalue weighted by Gasteiger charge is -2.35. The fraction of sp³-hybridized carbons (Fsp3) is 0.944. The van der Waals surface area contributed by atoms with Gasteiger partial charge in [0.2, 0.25) is 0 Å². The zero-order valence-electron chi connectivity index (χ0n) is 16.5. The lowest BCUT2D eigenvalue weighted by Crippen LogP contribution is -2.50. The zero-order valence-corrected chi connectivity index (χ0v) is 17.5. The van der Waals surface area contributed by atoms with Crippen molar-refractivity contribution < 1.29 is 13.3 Å². The van der Waals surface area contributed by atoms with E-state index < -0.39 is 8.80 Å². The van der Waals surface area contributed by atoms with Crippen molar-refractivity contribution in [1.29, 1.82) is 0 Å². The molecule has 23 heavy (non-hydrogen) atoms. The summed E-state index contributed by atoms with van der Waals surface area (Å²) in [5.41, 5.74) is 1.58. The van der Waals surface area contributed by atoms with Gasteiger partial charge >= 0.3 is 8.80 Å². The van der Waals surface area contributed by atoms with E-state index in [4.69, 9.17) is 18.3 Å². The lowest BCUT2D eigenvalue weighted by molar-refractivity contribution is 0.0587. The number of rotatable bonds is 14. The van der Waals surface area contributed by atoms with E-state index in [1.54, 1.807) is 0 Å². The van der Waals surface area contributed by atoms with Crippen molar-refractivity contribution in [1.82, 2.24) is 0 Å². The molecule has 0 rings (SSSR count). The minimum Gasteiger partial charge on any atom is -0.374 e. The Morgan fingerprint density at radius 3 is 1.83 bits per heavy atom. The maximum Gasteiger partial charge on any atom is 0.504 e. The van der Waals surface area contributed by atoms with Crippen molar-refractivity contribution in [2.45, 2.75) is 79.7 Å². The number of nitrogens with zero attached hydrogens (tertiary/aromatic N) is 1. The first-order valence-corrected chi connectivity index (χ1v) is 11.2. The second-order valence-electron chi connectivity index (χ2n) is 6.39. The van der Waals surface area contributed by atoms with Gasteiger partial charge in [-0.2, -0.15) is 0 Å². The Kier molecular flexibility index (Phi) is 13.0. The fourth-order valence-corrected chi connectivity index (χ4v) is 6.28. The molecule has 0 aromatic carbocycles. The predicted molar refractivity (Wildman–Crippen MR) is 101 cm³/mol. The van der Waals surface area contributed by atoms with Crippen molar-refractivity contribution in [3.05, 3.63) is 0 Å². The van der Waals surface area contributed by atoms with E-state index in [0.717, 1.165) is 32.2 Å². The van der Waals surface area contributed by atoms with Gasteiger partial charge in [0, 0.05) is 37.6 Å². The predicted octanol–water partition coefficient (Wildman–Crippen LogP) is 5.10. The summed E-state index contributed by atoms with van der Waals surface area (Å²) in [6.45, 7) is 17.6. The molecule has 4 nitrogen and oxygen atoms in total. The summed E-state index contributed by atoms with van der Waals surface area (Å²) < 4.78 is 18.3. The van der Waals surface area contributed by atoms with Gasteiger partial charge in [-0.3, -0.25) is 4.99 Å². The van der Waals surface area contributed by atoms with E-state index in [9.17, 15) is 0 Å². The Bertz CT molecular complexity index is 304. The second kappa shape index (κ2) is 13.1. The maximum absolute atomic E-state index is 6.09. The van der Waals surface area contributed by atoms with Crippen molar-refractivity contribution >= 4 is 14.5 Å². The molecule has 0 aliphatic heterocycles. The highest BCUT2D eigenvalue weighted by Crippen LogP contribution is 2.33. The average Bonchev–Trinajstić information content (AvgIpc) is 2.46. The molecule has 0 amide bonds. The number of hydrogen-bond acceptors (Lipinski definition) is 4. The second-order valence-corrected chi connectivity index (χ2v) is 9.28. The van der Waals surface area contributed by atoms with Crippen LogP contribution in [0.5, 0.6) is 0 Å². The van der Waals surface area contributed by atoms with Crippen LogP contribution in [0.2, 0.25) is 5.54 Å².